The van der Waals surface area contributed by atoms with E-state index in [1.165, 1.54) is 56.7 Å². The number of aromatic carboxylic acids is 1. The van der Waals surface area contributed by atoms with Gasteiger partial charge in [-0.05, 0) is 29.8 Å². The molecule has 8 heteroatoms. The molecule has 2 aromatic rings. The number of para-hydroxylation sites is 1. The van der Waals surface area contributed by atoms with Gasteiger partial charge in [-0.1, -0.05) is 18.2 Å². The van der Waals surface area contributed by atoms with Crippen LogP contribution in [0.2, 0.25) is 0 Å². The lowest BCUT2D eigenvalue weighted by atomic mass is 10.1. The SMILES string of the molecule is COc1ccc(C2C(C(=O)Nc3ccccc3C(=O)O)C2(F)F)cc1OC. The maximum absolute atomic E-state index is 14.3. The van der Waals surface area contributed by atoms with Crippen molar-refractivity contribution < 1.29 is 33.0 Å². The van der Waals surface area contributed by atoms with E-state index in [1.54, 1.807) is 0 Å². The molecule has 0 spiro atoms. The molecule has 0 aliphatic heterocycles. The molecule has 2 unspecified atom stereocenters. The second-order valence-corrected chi connectivity index (χ2v) is 6.08. The van der Waals surface area contributed by atoms with E-state index in [9.17, 15) is 18.4 Å². The third-order valence-electron chi connectivity index (χ3n) is 4.52. The Labute approximate surface area is 153 Å². The average Bonchev–Trinajstić information content (AvgIpc) is 3.23. The minimum Gasteiger partial charge on any atom is -0.493 e. The molecule has 2 N–H and O–H groups in total. The van der Waals surface area contributed by atoms with Crippen LogP contribution in [-0.2, 0) is 4.79 Å². The third kappa shape index (κ3) is 3.30. The molecule has 1 amide bonds. The summed E-state index contributed by atoms with van der Waals surface area (Å²) in [7, 11) is 2.82. The Morgan fingerprint density at radius 2 is 1.74 bits per heavy atom. The number of benzene rings is 2. The van der Waals surface area contributed by atoms with Gasteiger partial charge in [0.25, 0.3) is 5.92 Å². The largest absolute Gasteiger partial charge is 0.493 e. The average molecular weight is 377 g/mol. The molecule has 2 atom stereocenters. The van der Waals surface area contributed by atoms with Crippen molar-refractivity contribution in [3.63, 3.8) is 0 Å². The van der Waals surface area contributed by atoms with Crippen molar-refractivity contribution in [2.24, 2.45) is 5.92 Å². The second-order valence-electron chi connectivity index (χ2n) is 6.08. The lowest BCUT2D eigenvalue weighted by Gasteiger charge is -2.09. The molecule has 3 rings (SSSR count). The van der Waals surface area contributed by atoms with E-state index in [0.29, 0.717) is 5.75 Å². The van der Waals surface area contributed by atoms with Crippen LogP contribution in [-0.4, -0.2) is 37.1 Å². The number of alkyl halides is 2. The molecule has 27 heavy (non-hydrogen) atoms. The Balaban J connectivity index is 1.84. The molecule has 1 fully saturated rings. The molecular weight excluding hydrogens is 360 g/mol. The molecule has 1 saturated carbocycles. The van der Waals surface area contributed by atoms with E-state index in [1.807, 2.05) is 0 Å². The number of carboxylic acids is 1. The number of halogens is 2. The van der Waals surface area contributed by atoms with Gasteiger partial charge in [0, 0.05) is 0 Å². The summed E-state index contributed by atoms with van der Waals surface area (Å²) in [6, 6.07) is 10.0. The predicted octanol–water partition coefficient (Wildman–Crippen LogP) is 3.39. The van der Waals surface area contributed by atoms with Crippen LogP contribution in [0.3, 0.4) is 0 Å². The number of hydrogen-bond donors (Lipinski definition) is 2. The zero-order valence-corrected chi connectivity index (χ0v) is 14.5. The minimum absolute atomic E-state index is 0.0243. The summed E-state index contributed by atoms with van der Waals surface area (Å²) in [6.45, 7) is 0. The van der Waals surface area contributed by atoms with Crippen molar-refractivity contribution >= 4 is 17.6 Å². The summed E-state index contributed by atoms with van der Waals surface area (Å²) < 4.78 is 38.9. The zero-order chi connectivity index (χ0) is 19.8. The van der Waals surface area contributed by atoms with Crippen molar-refractivity contribution in [3.05, 3.63) is 53.6 Å². The summed E-state index contributed by atoms with van der Waals surface area (Å²) in [5.41, 5.74) is 0.0468. The van der Waals surface area contributed by atoms with Gasteiger partial charge in [0.15, 0.2) is 11.5 Å². The molecule has 0 saturated heterocycles. The number of ether oxygens (including phenoxy) is 2. The quantitative estimate of drug-likeness (QED) is 0.806. The molecular formula is C19H17F2NO5. The maximum Gasteiger partial charge on any atom is 0.337 e. The number of nitrogens with one attached hydrogen (secondary N) is 1. The van der Waals surface area contributed by atoms with Gasteiger partial charge in [-0.25, -0.2) is 13.6 Å². The predicted molar refractivity (Wildman–Crippen MR) is 92.8 cm³/mol. The number of hydrogen-bond acceptors (Lipinski definition) is 4. The molecule has 0 heterocycles. The van der Waals surface area contributed by atoms with E-state index >= 15 is 0 Å². The first-order chi connectivity index (χ1) is 12.8. The van der Waals surface area contributed by atoms with Crippen LogP contribution < -0.4 is 14.8 Å². The summed E-state index contributed by atoms with van der Waals surface area (Å²) >= 11 is 0. The fourth-order valence-corrected chi connectivity index (χ4v) is 3.10. The topological polar surface area (TPSA) is 84.9 Å². The third-order valence-corrected chi connectivity index (χ3v) is 4.52. The number of carbonyl (C=O) groups excluding carboxylic acids is 1. The van der Waals surface area contributed by atoms with Crippen molar-refractivity contribution in [1.82, 2.24) is 0 Å². The van der Waals surface area contributed by atoms with E-state index in [-0.39, 0.29) is 22.6 Å². The number of carboxylic acid groups (broad SMARTS) is 1. The van der Waals surface area contributed by atoms with Crippen LogP contribution in [0.4, 0.5) is 14.5 Å². The Bertz CT molecular complexity index is 899. The molecule has 6 nitrogen and oxygen atoms in total. The highest BCUT2D eigenvalue weighted by Crippen LogP contribution is 2.62. The van der Waals surface area contributed by atoms with Crippen molar-refractivity contribution in [2.45, 2.75) is 11.8 Å². The van der Waals surface area contributed by atoms with Crippen LogP contribution in [0.1, 0.15) is 21.8 Å². The first-order valence-corrected chi connectivity index (χ1v) is 8.04. The van der Waals surface area contributed by atoms with Gasteiger partial charge in [-0.2, -0.15) is 0 Å². The summed E-state index contributed by atoms with van der Waals surface area (Å²) in [5.74, 6) is -7.69. The van der Waals surface area contributed by atoms with Gasteiger partial charge in [0.05, 0.1) is 31.4 Å². The fourth-order valence-electron chi connectivity index (χ4n) is 3.10. The van der Waals surface area contributed by atoms with Gasteiger partial charge in [0.1, 0.15) is 5.92 Å². The normalized spacial score (nSPS) is 19.9. The van der Waals surface area contributed by atoms with E-state index in [0.717, 1.165) is 0 Å². The lowest BCUT2D eigenvalue weighted by Crippen LogP contribution is -2.19. The number of anilines is 1. The molecule has 1 aliphatic carbocycles. The minimum atomic E-state index is -3.25. The molecule has 0 radical (unpaired) electrons. The van der Waals surface area contributed by atoms with Crippen LogP contribution >= 0.6 is 0 Å². The first kappa shape index (κ1) is 18.6. The van der Waals surface area contributed by atoms with Gasteiger partial charge in [0.2, 0.25) is 5.91 Å². The Morgan fingerprint density at radius 1 is 1.07 bits per heavy atom. The van der Waals surface area contributed by atoms with Crippen molar-refractivity contribution in [2.75, 3.05) is 19.5 Å². The van der Waals surface area contributed by atoms with Crippen LogP contribution in [0.25, 0.3) is 0 Å². The lowest BCUT2D eigenvalue weighted by molar-refractivity contribution is -0.119. The molecule has 0 bridgehead atoms. The highest BCUT2D eigenvalue weighted by atomic mass is 19.3. The highest BCUT2D eigenvalue weighted by molar-refractivity contribution is 6.03. The van der Waals surface area contributed by atoms with Gasteiger partial charge < -0.3 is 19.9 Å². The molecule has 0 aromatic heterocycles. The zero-order valence-electron chi connectivity index (χ0n) is 14.5. The summed E-state index contributed by atoms with van der Waals surface area (Å²) in [4.78, 5) is 23.6. The fraction of sp³-hybridized carbons (Fsp3) is 0.263. The van der Waals surface area contributed by atoms with Gasteiger partial charge in [-0.3, -0.25) is 4.79 Å². The van der Waals surface area contributed by atoms with E-state index in [4.69, 9.17) is 14.6 Å². The maximum atomic E-state index is 14.3. The number of amides is 1. The van der Waals surface area contributed by atoms with Gasteiger partial charge in [-0.15, -0.1) is 0 Å². The molecule has 142 valence electrons. The second kappa shape index (κ2) is 6.86. The molecule has 2 aromatic carbocycles. The van der Waals surface area contributed by atoms with E-state index < -0.39 is 29.6 Å². The van der Waals surface area contributed by atoms with Crippen LogP contribution in [0.5, 0.6) is 11.5 Å². The van der Waals surface area contributed by atoms with Crippen molar-refractivity contribution in [3.8, 4) is 11.5 Å². The first-order valence-electron chi connectivity index (χ1n) is 8.04. The number of rotatable bonds is 6. The molecule has 1 aliphatic rings. The van der Waals surface area contributed by atoms with Crippen LogP contribution in [0.15, 0.2) is 42.5 Å². The number of carbonyl (C=O) groups is 2. The summed E-state index contributed by atoms with van der Waals surface area (Å²) in [6.07, 6.45) is 0. The monoisotopic (exact) mass is 377 g/mol. The van der Waals surface area contributed by atoms with E-state index in [2.05, 4.69) is 5.32 Å². The van der Waals surface area contributed by atoms with Crippen molar-refractivity contribution in [1.29, 1.82) is 0 Å². The summed E-state index contributed by atoms with van der Waals surface area (Å²) in [5, 5.41) is 11.5. The Kier molecular flexibility index (Phi) is 4.73. The van der Waals surface area contributed by atoms with Gasteiger partial charge >= 0.3 is 5.97 Å². The Morgan fingerprint density at radius 3 is 2.37 bits per heavy atom. The smallest absolute Gasteiger partial charge is 0.337 e. The van der Waals surface area contributed by atoms with Crippen LogP contribution in [0, 0.1) is 5.92 Å². The number of methoxy groups -OCH3 is 2. The Hall–Kier alpha value is -3.16. The highest BCUT2D eigenvalue weighted by Gasteiger charge is 2.72. The standard InChI is InChI=1S/C19H17F2NO5/c1-26-13-8-7-10(9-14(13)27-2)15-16(19(15,20)21)17(23)22-12-6-4-3-5-11(12)18(24)25/h3-9,15-16H,1-2H3,(H,22,23)(H,24,25).